The number of ketones is 1. The van der Waals surface area contributed by atoms with E-state index in [1.54, 1.807) is 44.2 Å². The number of nitrogens with one attached hydrogen (secondary N) is 1. The van der Waals surface area contributed by atoms with Crippen molar-refractivity contribution in [3.05, 3.63) is 58.7 Å². The molecular formula is C23H29NO7. The standard InChI is InChI=1S/C23H29NO7/c1-6-17(19(27)30-5)13-15(3)12-14(2)8-7-9-16(4)18(26)23-20(31-23)22(29,10-11-25)24-21(23)28/h6-9,12-13,20,25,29H,10-11H2,1-5H3,(H,24,28)/b8-7+,14-12+,15-13+,16-9+,17-6+/t20-,22-,23?/m0/s1. The number of carbonyl (C=O) groups is 3. The minimum Gasteiger partial charge on any atom is -0.465 e. The zero-order valence-electron chi connectivity index (χ0n) is 18.4. The average molecular weight is 431 g/mol. The van der Waals surface area contributed by atoms with E-state index in [2.05, 4.69) is 5.32 Å². The zero-order chi connectivity index (χ0) is 23.4. The number of hydrogen-bond acceptors (Lipinski definition) is 7. The summed E-state index contributed by atoms with van der Waals surface area (Å²) >= 11 is 0. The van der Waals surface area contributed by atoms with E-state index in [1.165, 1.54) is 7.11 Å². The monoisotopic (exact) mass is 431 g/mol. The first kappa shape index (κ1) is 24.5. The third-order valence-corrected chi connectivity index (χ3v) is 5.18. The Hall–Kier alpha value is -2.81. The Morgan fingerprint density at radius 3 is 2.45 bits per heavy atom. The number of Topliss-reactive ketones (excluding diaryl/α,β-unsaturated/α-hetero) is 1. The molecule has 168 valence electrons. The van der Waals surface area contributed by atoms with Crippen molar-refractivity contribution in [1.29, 1.82) is 0 Å². The van der Waals surface area contributed by atoms with Gasteiger partial charge in [-0.25, -0.2) is 4.79 Å². The summed E-state index contributed by atoms with van der Waals surface area (Å²) in [5.74, 6) is -1.64. The first-order valence-electron chi connectivity index (χ1n) is 9.90. The smallest absolute Gasteiger partial charge is 0.337 e. The molecule has 8 nitrogen and oxygen atoms in total. The van der Waals surface area contributed by atoms with Crippen LogP contribution in [0, 0.1) is 0 Å². The first-order valence-corrected chi connectivity index (χ1v) is 9.90. The number of amides is 1. The third kappa shape index (κ3) is 4.92. The van der Waals surface area contributed by atoms with Crippen LogP contribution in [0.5, 0.6) is 0 Å². The molecule has 31 heavy (non-hydrogen) atoms. The van der Waals surface area contributed by atoms with Crippen molar-refractivity contribution in [2.24, 2.45) is 0 Å². The van der Waals surface area contributed by atoms with Gasteiger partial charge in [0.05, 0.1) is 12.7 Å². The molecule has 2 saturated heterocycles. The number of carbonyl (C=O) groups excluding carboxylic acids is 3. The van der Waals surface area contributed by atoms with Crippen LogP contribution in [0.15, 0.2) is 58.7 Å². The number of fused-ring (bicyclic) bond motifs is 1. The summed E-state index contributed by atoms with van der Waals surface area (Å²) < 4.78 is 10.0. The molecule has 3 atom stereocenters. The number of hydrogen-bond donors (Lipinski definition) is 3. The zero-order valence-corrected chi connectivity index (χ0v) is 18.4. The lowest BCUT2D eigenvalue weighted by Gasteiger charge is -2.22. The molecule has 2 heterocycles. The Labute approximate surface area is 181 Å². The summed E-state index contributed by atoms with van der Waals surface area (Å²) in [6, 6.07) is 0. The number of allylic oxidation sites excluding steroid dienone is 7. The highest BCUT2D eigenvalue weighted by Gasteiger charge is 2.80. The molecular weight excluding hydrogens is 402 g/mol. The van der Waals surface area contributed by atoms with Crippen LogP contribution in [-0.4, -0.2) is 59.0 Å². The number of aliphatic hydroxyl groups excluding tert-OH is 1. The Morgan fingerprint density at radius 1 is 1.23 bits per heavy atom. The molecule has 0 bridgehead atoms. The van der Waals surface area contributed by atoms with Crippen LogP contribution < -0.4 is 5.32 Å². The fourth-order valence-electron chi connectivity index (χ4n) is 3.54. The summed E-state index contributed by atoms with van der Waals surface area (Å²) in [5, 5.41) is 21.8. The Bertz CT molecular complexity index is 924. The molecule has 1 amide bonds. The van der Waals surface area contributed by atoms with Crippen molar-refractivity contribution in [3.63, 3.8) is 0 Å². The molecule has 0 spiro atoms. The summed E-state index contributed by atoms with van der Waals surface area (Å²) in [6.07, 6.45) is 9.13. The van der Waals surface area contributed by atoms with Gasteiger partial charge in [-0.05, 0) is 39.3 Å². The molecule has 2 rings (SSSR count). The van der Waals surface area contributed by atoms with E-state index in [0.29, 0.717) is 11.1 Å². The van der Waals surface area contributed by atoms with E-state index >= 15 is 0 Å². The number of ether oxygens (including phenoxy) is 2. The van der Waals surface area contributed by atoms with Crippen molar-refractivity contribution in [2.75, 3.05) is 13.7 Å². The number of methoxy groups -OCH3 is 1. The van der Waals surface area contributed by atoms with Gasteiger partial charge in [0.1, 0.15) is 0 Å². The molecule has 8 heteroatoms. The first-order chi connectivity index (χ1) is 14.5. The van der Waals surface area contributed by atoms with Gasteiger partial charge in [0.2, 0.25) is 11.4 Å². The van der Waals surface area contributed by atoms with E-state index in [0.717, 1.165) is 11.1 Å². The van der Waals surface area contributed by atoms with Crippen LogP contribution in [0.2, 0.25) is 0 Å². The predicted octanol–water partition coefficient (Wildman–Crippen LogP) is 1.41. The number of morpholine rings is 1. The number of rotatable bonds is 9. The van der Waals surface area contributed by atoms with E-state index in [-0.39, 0.29) is 13.0 Å². The number of epoxide rings is 1. The second kappa shape index (κ2) is 9.55. The normalized spacial score (nSPS) is 29.1. The fraction of sp³-hybridized carbons (Fsp3) is 0.435. The maximum Gasteiger partial charge on any atom is 0.337 e. The molecule has 0 aliphatic carbocycles. The number of aliphatic hydroxyl groups is 2. The van der Waals surface area contributed by atoms with Crippen LogP contribution in [-0.2, 0) is 23.9 Å². The van der Waals surface area contributed by atoms with Crippen molar-refractivity contribution in [3.8, 4) is 0 Å². The molecule has 2 aliphatic heterocycles. The van der Waals surface area contributed by atoms with E-state index in [4.69, 9.17) is 14.6 Å². The van der Waals surface area contributed by atoms with Crippen LogP contribution in [0.3, 0.4) is 0 Å². The minimum absolute atomic E-state index is 0.122. The molecule has 0 aromatic rings. The van der Waals surface area contributed by atoms with Gasteiger partial charge in [0.15, 0.2) is 11.8 Å². The Morgan fingerprint density at radius 2 is 1.90 bits per heavy atom. The Balaban J connectivity index is 2.08. The second-order valence-electron chi connectivity index (χ2n) is 7.64. The highest BCUT2D eigenvalue weighted by molar-refractivity contribution is 6.21. The maximum absolute atomic E-state index is 12.8. The van der Waals surface area contributed by atoms with Crippen molar-refractivity contribution in [1.82, 2.24) is 5.32 Å². The van der Waals surface area contributed by atoms with Gasteiger partial charge in [0.25, 0.3) is 5.91 Å². The van der Waals surface area contributed by atoms with Gasteiger partial charge in [-0.3, -0.25) is 9.59 Å². The van der Waals surface area contributed by atoms with Gasteiger partial charge >= 0.3 is 5.97 Å². The van der Waals surface area contributed by atoms with Crippen LogP contribution in [0.1, 0.15) is 34.1 Å². The molecule has 2 aliphatic rings. The molecule has 0 radical (unpaired) electrons. The summed E-state index contributed by atoms with van der Waals surface area (Å²) in [7, 11) is 1.33. The van der Waals surface area contributed by atoms with Gasteiger partial charge in [-0.1, -0.05) is 41.5 Å². The molecule has 1 unspecified atom stereocenters. The SMILES string of the molecule is C\C=C(/C=C(C)/C=C(C)/C=C/C=C(\C)C(=O)C12O[C@H]1[C@@](O)(CCO)NC2=O)C(=O)OC. The predicted molar refractivity (Wildman–Crippen MR) is 114 cm³/mol. The highest BCUT2D eigenvalue weighted by atomic mass is 16.6. The largest absolute Gasteiger partial charge is 0.465 e. The van der Waals surface area contributed by atoms with Crippen molar-refractivity contribution in [2.45, 2.75) is 51.5 Å². The summed E-state index contributed by atoms with van der Waals surface area (Å²) in [5.41, 5.74) is -1.000. The molecule has 0 aromatic carbocycles. The fourth-order valence-corrected chi connectivity index (χ4v) is 3.54. The van der Waals surface area contributed by atoms with Gasteiger partial charge in [-0.15, -0.1) is 0 Å². The lowest BCUT2D eigenvalue weighted by Crippen LogP contribution is -2.48. The molecule has 0 aromatic heterocycles. The van der Waals surface area contributed by atoms with E-state index < -0.39 is 35.1 Å². The van der Waals surface area contributed by atoms with Gasteiger partial charge in [-0.2, -0.15) is 0 Å². The summed E-state index contributed by atoms with van der Waals surface area (Å²) in [6.45, 7) is 6.68. The van der Waals surface area contributed by atoms with Crippen LogP contribution >= 0.6 is 0 Å². The maximum atomic E-state index is 12.8. The van der Waals surface area contributed by atoms with E-state index in [1.807, 2.05) is 19.9 Å². The van der Waals surface area contributed by atoms with Crippen molar-refractivity contribution >= 4 is 17.7 Å². The summed E-state index contributed by atoms with van der Waals surface area (Å²) in [4.78, 5) is 36.7. The molecule has 0 saturated carbocycles. The highest BCUT2D eigenvalue weighted by Crippen LogP contribution is 2.50. The third-order valence-electron chi connectivity index (χ3n) is 5.18. The number of esters is 1. The minimum atomic E-state index is -1.74. The average Bonchev–Trinajstić information content (AvgIpc) is 3.44. The lowest BCUT2D eigenvalue weighted by atomic mass is 9.92. The Kier molecular flexibility index (Phi) is 7.54. The van der Waals surface area contributed by atoms with E-state index in [9.17, 15) is 19.5 Å². The molecule has 2 fully saturated rings. The van der Waals surface area contributed by atoms with Gasteiger partial charge < -0.3 is 25.0 Å². The van der Waals surface area contributed by atoms with Gasteiger partial charge in [0, 0.05) is 13.0 Å². The quantitative estimate of drug-likeness (QED) is 0.166. The van der Waals surface area contributed by atoms with Crippen LogP contribution in [0.25, 0.3) is 0 Å². The van der Waals surface area contributed by atoms with Crippen molar-refractivity contribution < 1.29 is 34.1 Å². The second-order valence-corrected chi connectivity index (χ2v) is 7.64. The van der Waals surface area contributed by atoms with Crippen LogP contribution in [0.4, 0.5) is 0 Å². The molecule has 3 N–H and O–H groups in total. The topological polar surface area (TPSA) is 125 Å². The lowest BCUT2D eigenvalue weighted by molar-refractivity contribution is -0.138.